The first kappa shape index (κ1) is 14.3. The molecule has 1 saturated heterocycles. The first-order valence-electron chi connectivity index (χ1n) is 7.30. The monoisotopic (exact) mass is 306 g/mol. The Hall–Kier alpha value is -1.69. The SMILES string of the molecule is O=C1CCC(=O)N1CC(=O)N(CCc1cccs1)C1CC1. The minimum Gasteiger partial charge on any atom is -0.338 e. The van der Waals surface area contributed by atoms with Gasteiger partial charge in [0.2, 0.25) is 17.7 Å². The molecule has 1 aromatic rings. The highest BCUT2D eigenvalue weighted by Crippen LogP contribution is 2.28. The fourth-order valence-electron chi connectivity index (χ4n) is 2.61. The van der Waals surface area contributed by atoms with Crippen LogP contribution in [0, 0.1) is 0 Å². The Morgan fingerprint density at radius 1 is 1.29 bits per heavy atom. The lowest BCUT2D eigenvalue weighted by Crippen LogP contribution is -2.44. The Morgan fingerprint density at radius 3 is 2.57 bits per heavy atom. The van der Waals surface area contributed by atoms with Gasteiger partial charge in [-0.25, -0.2) is 0 Å². The van der Waals surface area contributed by atoms with Gasteiger partial charge in [0.05, 0.1) is 0 Å². The van der Waals surface area contributed by atoms with Gasteiger partial charge in [0.1, 0.15) is 6.54 Å². The molecule has 2 heterocycles. The number of nitrogens with zero attached hydrogens (tertiary/aromatic N) is 2. The first-order valence-corrected chi connectivity index (χ1v) is 8.18. The average Bonchev–Trinajstić information content (AvgIpc) is 3.07. The molecule has 21 heavy (non-hydrogen) atoms. The summed E-state index contributed by atoms with van der Waals surface area (Å²) in [4.78, 5) is 39.8. The van der Waals surface area contributed by atoms with E-state index in [4.69, 9.17) is 0 Å². The van der Waals surface area contributed by atoms with Crippen LogP contribution in [0.3, 0.4) is 0 Å². The highest BCUT2D eigenvalue weighted by atomic mass is 32.1. The van der Waals surface area contributed by atoms with Crippen LogP contribution in [-0.4, -0.2) is 46.7 Å². The minimum atomic E-state index is -0.220. The van der Waals surface area contributed by atoms with Crippen molar-refractivity contribution in [1.82, 2.24) is 9.80 Å². The Kier molecular flexibility index (Phi) is 4.05. The molecule has 112 valence electrons. The summed E-state index contributed by atoms with van der Waals surface area (Å²) in [6, 6.07) is 4.36. The van der Waals surface area contributed by atoms with Crippen LogP contribution in [0.15, 0.2) is 17.5 Å². The van der Waals surface area contributed by atoms with Gasteiger partial charge >= 0.3 is 0 Å². The number of rotatable bonds is 6. The van der Waals surface area contributed by atoms with Gasteiger partial charge in [0, 0.05) is 30.3 Å². The molecule has 1 aromatic heterocycles. The van der Waals surface area contributed by atoms with E-state index >= 15 is 0 Å². The van der Waals surface area contributed by atoms with Crippen molar-refractivity contribution in [3.63, 3.8) is 0 Å². The molecule has 1 saturated carbocycles. The molecule has 0 unspecified atom stereocenters. The van der Waals surface area contributed by atoms with E-state index in [0.717, 1.165) is 24.2 Å². The first-order chi connectivity index (χ1) is 10.1. The van der Waals surface area contributed by atoms with E-state index in [9.17, 15) is 14.4 Å². The van der Waals surface area contributed by atoms with Crippen LogP contribution in [0.25, 0.3) is 0 Å². The summed E-state index contributed by atoms with van der Waals surface area (Å²) in [5.41, 5.74) is 0. The fourth-order valence-corrected chi connectivity index (χ4v) is 3.31. The number of likely N-dealkylation sites (tertiary alicyclic amines) is 1. The van der Waals surface area contributed by atoms with Gasteiger partial charge in [-0.05, 0) is 30.7 Å². The largest absolute Gasteiger partial charge is 0.338 e. The summed E-state index contributed by atoms with van der Waals surface area (Å²) >= 11 is 1.69. The number of hydrogen-bond acceptors (Lipinski definition) is 4. The zero-order chi connectivity index (χ0) is 14.8. The van der Waals surface area contributed by atoms with E-state index in [2.05, 4.69) is 6.07 Å². The number of thiophene rings is 1. The van der Waals surface area contributed by atoms with Gasteiger partial charge in [-0.3, -0.25) is 19.3 Å². The van der Waals surface area contributed by atoms with E-state index in [1.807, 2.05) is 16.3 Å². The van der Waals surface area contributed by atoms with Gasteiger partial charge in [-0.1, -0.05) is 6.07 Å². The number of carbonyl (C=O) groups excluding carboxylic acids is 3. The van der Waals surface area contributed by atoms with Crippen LogP contribution in [-0.2, 0) is 20.8 Å². The van der Waals surface area contributed by atoms with Crippen molar-refractivity contribution in [2.24, 2.45) is 0 Å². The van der Waals surface area contributed by atoms with Crippen LogP contribution in [0.2, 0.25) is 0 Å². The number of imide groups is 1. The maximum Gasteiger partial charge on any atom is 0.243 e. The van der Waals surface area contributed by atoms with Crippen LogP contribution in [0.1, 0.15) is 30.6 Å². The molecular weight excluding hydrogens is 288 g/mol. The highest BCUT2D eigenvalue weighted by molar-refractivity contribution is 7.09. The van der Waals surface area contributed by atoms with Crippen molar-refractivity contribution >= 4 is 29.1 Å². The highest BCUT2D eigenvalue weighted by Gasteiger charge is 2.36. The zero-order valence-electron chi connectivity index (χ0n) is 11.8. The smallest absolute Gasteiger partial charge is 0.243 e. The second kappa shape index (κ2) is 5.97. The second-order valence-corrected chi connectivity index (χ2v) is 6.55. The number of carbonyl (C=O) groups is 3. The van der Waals surface area contributed by atoms with Gasteiger partial charge in [0.25, 0.3) is 0 Å². The predicted molar refractivity (Wildman–Crippen MR) is 78.7 cm³/mol. The fraction of sp³-hybridized carbons (Fsp3) is 0.533. The Balaban J connectivity index is 1.59. The van der Waals surface area contributed by atoms with Gasteiger partial charge in [-0.2, -0.15) is 0 Å². The molecule has 0 aromatic carbocycles. The van der Waals surface area contributed by atoms with Gasteiger partial charge < -0.3 is 4.90 Å². The van der Waals surface area contributed by atoms with Crippen molar-refractivity contribution in [3.05, 3.63) is 22.4 Å². The molecule has 5 nitrogen and oxygen atoms in total. The molecule has 1 aliphatic heterocycles. The Morgan fingerprint density at radius 2 is 2.00 bits per heavy atom. The zero-order valence-corrected chi connectivity index (χ0v) is 12.6. The van der Waals surface area contributed by atoms with E-state index in [-0.39, 0.29) is 37.1 Å². The summed E-state index contributed by atoms with van der Waals surface area (Å²) in [6.07, 6.45) is 3.37. The van der Waals surface area contributed by atoms with Crippen LogP contribution >= 0.6 is 11.3 Å². The predicted octanol–water partition coefficient (Wildman–Crippen LogP) is 1.43. The van der Waals surface area contributed by atoms with Gasteiger partial charge in [0.15, 0.2) is 0 Å². The minimum absolute atomic E-state index is 0.0847. The summed E-state index contributed by atoms with van der Waals surface area (Å²) in [7, 11) is 0. The molecule has 6 heteroatoms. The molecule has 0 N–H and O–H groups in total. The third kappa shape index (κ3) is 3.32. The maximum atomic E-state index is 12.4. The van der Waals surface area contributed by atoms with Crippen molar-refractivity contribution in [2.45, 2.75) is 38.1 Å². The molecule has 3 rings (SSSR count). The third-order valence-electron chi connectivity index (χ3n) is 3.94. The summed E-state index contributed by atoms with van der Waals surface area (Å²) in [5.74, 6) is -0.539. The van der Waals surface area contributed by atoms with E-state index in [1.165, 1.54) is 4.88 Å². The van der Waals surface area contributed by atoms with Crippen molar-refractivity contribution in [3.8, 4) is 0 Å². The lowest BCUT2D eigenvalue weighted by Gasteiger charge is -2.24. The quantitative estimate of drug-likeness (QED) is 0.747. The average molecular weight is 306 g/mol. The van der Waals surface area contributed by atoms with Crippen LogP contribution in [0.5, 0.6) is 0 Å². The standard InChI is InChI=1S/C15H18N2O3S/c18-13-5-6-14(19)17(13)10-15(20)16(11-3-4-11)8-7-12-2-1-9-21-12/h1-2,9,11H,3-8,10H2. The molecule has 1 aliphatic carbocycles. The summed E-state index contributed by atoms with van der Waals surface area (Å²) < 4.78 is 0. The summed E-state index contributed by atoms with van der Waals surface area (Å²) in [6.45, 7) is 0.582. The topological polar surface area (TPSA) is 57.7 Å². The van der Waals surface area contributed by atoms with Crippen LogP contribution in [0.4, 0.5) is 0 Å². The van der Waals surface area contributed by atoms with Crippen LogP contribution < -0.4 is 0 Å². The van der Waals surface area contributed by atoms with E-state index in [1.54, 1.807) is 11.3 Å². The number of amides is 3. The van der Waals surface area contributed by atoms with Gasteiger partial charge in [-0.15, -0.1) is 11.3 Å². The molecule has 2 aliphatic rings. The Labute approximate surface area is 127 Å². The molecule has 0 radical (unpaired) electrons. The van der Waals surface area contributed by atoms with E-state index < -0.39 is 0 Å². The lowest BCUT2D eigenvalue weighted by molar-refractivity contribution is -0.145. The van der Waals surface area contributed by atoms with Crippen molar-refractivity contribution < 1.29 is 14.4 Å². The van der Waals surface area contributed by atoms with Crippen molar-refractivity contribution in [1.29, 1.82) is 0 Å². The molecule has 0 bridgehead atoms. The molecular formula is C15H18N2O3S. The molecule has 3 amide bonds. The molecule has 0 spiro atoms. The lowest BCUT2D eigenvalue weighted by atomic mass is 10.3. The Bertz CT molecular complexity index is 535. The second-order valence-electron chi connectivity index (χ2n) is 5.52. The summed E-state index contributed by atoms with van der Waals surface area (Å²) in [5, 5.41) is 2.03. The number of hydrogen-bond donors (Lipinski definition) is 0. The van der Waals surface area contributed by atoms with E-state index in [0.29, 0.717) is 12.6 Å². The molecule has 2 fully saturated rings. The normalized spacial score (nSPS) is 18.4. The van der Waals surface area contributed by atoms with Crippen molar-refractivity contribution in [2.75, 3.05) is 13.1 Å². The third-order valence-corrected chi connectivity index (χ3v) is 4.87. The maximum absolute atomic E-state index is 12.4. The molecule has 0 atom stereocenters.